The molecule has 0 spiro atoms. The van der Waals surface area contributed by atoms with E-state index < -0.39 is 23.6 Å². The van der Waals surface area contributed by atoms with Crippen molar-refractivity contribution in [3.8, 4) is 0 Å². The Bertz CT molecular complexity index is 398. The third kappa shape index (κ3) is 3.30. The Morgan fingerprint density at radius 2 is 2.06 bits per heavy atom. The largest absolute Gasteiger partial charge is 0.416 e. The number of hydrogen-bond acceptors (Lipinski definition) is 1. The number of halogens is 4. The van der Waals surface area contributed by atoms with Crippen LogP contribution in [0.4, 0.5) is 17.6 Å². The molecule has 0 aliphatic heterocycles. The maximum atomic E-state index is 13.0. The van der Waals surface area contributed by atoms with Gasteiger partial charge in [0.05, 0.1) is 11.6 Å². The Hall–Kier alpha value is -1.36. The molecule has 1 aromatic carbocycles. The molecule has 0 aliphatic carbocycles. The van der Waals surface area contributed by atoms with Gasteiger partial charge in [0.1, 0.15) is 5.82 Å². The van der Waals surface area contributed by atoms with E-state index >= 15 is 0 Å². The Balaban J connectivity index is 3.27. The zero-order valence-corrected chi connectivity index (χ0v) is 9.31. The van der Waals surface area contributed by atoms with E-state index in [9.17, 15) is 17.6 Å². The molecule has 0 saturated heterocycles. The molecule has 1 nitrogen and oxygen atoms in total. The first-order valence-electron chi connectivity index (χ1n) is 5.12. The molecule has 0 aromatic heterocycles. The van der Waals surface area contributed by atoms with Gasteiger partial charge in [-0.2, -0.15) is 13.2 Å². The predicted molar refractivity (Wildman–Crippen MR) is 58.0 cm³/mol. The molecule has 0 fully saturated rings. The van der Waals surface area contributed by atoms with E-state index in [-0.39, 0.29) is 5.56 Å². The van der Waals surface area contributed by atoms with Crippen LogP contribution < -0.4 is 5.32 Å². The van der Waals surface area contributed by atoms with Crippen LogP contribution in [0.5, 0.6) is 0 Å². The minimum Gasteiger partial charge on any atom is -0.307 e. The smallest absolute Gasteiger partial charge is 0.307 e. The molecular weight excluding hydrogens is 234 g/mol. The SMILES string of the molecule is C=CC(NCC)c1cc(F)ccc1C(F)(F)F. The van der Waals surface area contributed by atoms with Gasteiger partial charge in [-0.3, -0.25) is 0 Å². The van der Waals surface area contributed by atoms with E-state index in [1.165, 1.54) is 6.08 Å². The monoisotopic (exact) mass is 247 g/mol. The molecule has 0 saturated carbocycles. The topological polar surface area (TPSA) is 12.0 Å². The van der Waals surface area contributed by atoms with Crippen molar-refractivity contribution in [2.45, 2.75) is 19.1 Å². The third-order valence-electron chi connectivity index (χ3n) is 2.31. The molecule has 0 radical (unpaired) electrons. The summed E-state index contributed by atoms with van der Waals surface area (Å²) in [5.74, 6) is -0.697. The summed E-state index contributed by atoms with van der Waals surface area (Å²) in [6, 6.07) is 1.72. The maximum Gasteiger partial charge on any atom is 0.416 e. The molecule has 1 unspecified atom stereocenters. The van der Waals surface area contributed by atoms with Gasteiger partial charge in [0, 0.05) is 0 Å². The zero-order chi connectivity index (χ0) is 13.1. The summed E-state index contributed by atoms with van der Waals surface area (Å²) >= 11 is 0. The van der Waals surface area contributed by atoms with Crippen molar-refractivity contribution >= 4 is 0 Å². The fourth-order valence-corrected chi connectivity index (χ4v) is 1.59. The third-order valence-corrected chi connectivity index (χ3v) is 2.31. The molecule has 1 rings (SSSR count). The van der Waals surface area contributed by atoms with Crippen molar-refractivity contribution in [1.82, 2.24) is 5.32 Å². The predicted octanol–water partition coefficient (Wildman–Crippen LogP) is 3.68. The van der Waals surface area contributed by atoms with Crippen LogP contribution in [0, 0.1) is 5.82 Å². The molecular formula is C12H13F4N. The van der Waals surface area contributed by atoms with E-state index in [1.54, 1.807) is 6.92 Å². The van der Waals surface area contributed by atoms with Crippen molar-refractivity contribution in [2.75, 3.05) is 6.54 Å². The van der Waals surface area contributed by atoms with Gasteiger partial charge in [-0.05, 0) is 30.3 Å². The highest BCUT2D eigenvalue weighted by Crippen LogP contribution is 2.35. The molecule has 1 N–H and O–H groups in total. The van der Waals surface area contributed by atoms with Crippen molar-refractivity contribution in [1.29, 1.82) is 0 Å². The van der Waals surface area contributed by atoms with Gasteiger partial charge in [0.2, 0.25) is 0 Å². The molecule has 0 aliphatic rings. The first kappa shape index (κ1) is 13.7. The highest BCUT2D eigenvalue weighted by atomic mass is 19.4. The lowest BCUT2D eigenvalue weighted by atomic mass is 9.99. The molecule has 0 bridgehead atoms. The zero-order valence-electron chi connectivity index (χ0n) is 9.31. The van der Waals surface area contributed by atoms with Crippen LogP contribution >= 0.6 is 0 Å². The minimum absolute atomic E-state index is 0.144. The van der Waals surface area contributed by atoms with Crippen molar-refractivity contribution in [3.63, 3.8) is 0 Å². The van der Waals surface area contributed by atoms with Crippen LogP contribution in [-0.2, 0) is 6.18 Å². The fraction of sp³-hybridized carbons (Fsp3) is 0.333. The number of hydrogen-bond donors (Lipinski definition) is 1. The van der Waals surface area contributed by atoms with Gasteiger partial charge >= 0.3 is 6.18 Å². The molecule has 1 aromatic rings. The Morgan fingerprint density at radius 3 is 2.53 bits per heavy atom. The highest BCUT2D eigenvalue weighted by molar-refractivity contribution is 5.35. The molecule has 17 heavy (non-hydrogen) atoms. The second-order valence-electron chi connectivity index (χ2n) is 3.50. The van der Waals surface area contributed by atoms with Gasteiger partial charge < -0.3 is 5.32 Å². The second-order valence-corrected chi connectivity index (χ2v) is 3.50. The van der Waals surface area contributed by atoms with E-state index in [0.717, 1.165) is 18.2 Å². The summed E-state index contributed by atoms with van der Waals surface area (Å²) in [6.45, 7) is 5.67. The quantitative estimate of drug-likeness (QED) is 0.632. The molecule has 94 valence electrons. The first-order valence-corrected chi connectivity index (χ1v) is 5.12. The van der Waals surface area contributed by atoms with Gasteiger partial charge in [-0.15, -0.1) is 6.58 Å². The fourth-order valence-electron chi connectivity index (χ4n) is 1.59. The summed E-state index contributed by atoms with van der Waals surface area (Å²) in [6.07, 6.45) is -3.17. The molecule has 0 heterocycles. The van der Waals surface area contributed by atoms with Crippen molar-refractivity contribution < 1.29 is 17.6 Å². The number of nitrogens with one attached hydrogen (secondary N) is 1. The average molecular weight is 247 g/mol. The van der Waals surface area contributed by atoms with Crippen LogP contribution in [0.25, 0.3) is 0 Å². The molecule has 1 atom stereocenters. The van der Waals surface area contributed by atoms with Gasteiger partial charge in [0.15, 0.2) is 0 Å². The standard InChI is InChI=1S/C12H13F4N/c1-3-11(17-4-2)9-7-8(13)5-6-10(9)12(14,15)16/h3,5-7,11,17H,1,4H2,2H3. The Kier molecular flexibility index (Phi) is 4.28. The average Bonchev–Trinajstić information content (AvgIpc) is 2.24. The van der Waals surface area contributed by atoms with Gasteiger partial charge in [-0.1, -0.05) is 13.0 Å². The Labute approximate surface area is 97.1 Å². The van der Waals surface area contributed by atoms with E-state index in [1.807, 2.05) is 0 Å². The maximum absolute atomic E-state index is 13.0. The summed E-state index contributed by atoms with van der Waals surface area (Å²) in [7, 11) is 0. The van der Waals surface area contributed by atoms with Gasteiger partial charge in [-0.25, -0.2) is 4.39 Å². The summed E-state index contributed by atoms with van der Waals surface area (Å²) < 4.78 is 51.2. The van der Waals surface area contributed by atoms with Crippen LogP contribution in [0.2, 0.25) is 0 Å². The number of rotatable bonds is 4. The number of benzene rings is 1. The van der Waals surface area contributed by atoms with Crippen LogP contribution in [-0.4, -0.2) is 6.54 Å². The van der Waals surface area contributed by atoms with Crippen molar-refractivity contribution in [2.24, 2.45) is 0 Å². The lowest BCUT2D eigenvalue weighted by Gasteiger charge is -2.19. The van der Waals surface area contributed by atoms with Crippen molar-refractivity contribution in [3.05, 3.63) is 47.8 Å². The first-order chi connectivity index (χ1) is 7.90. The van der Waals surface area contributed by atoms with E-state index in [4.69, 9.17) is 0 Å². The van der Waals surface area contributed by atoms with E-state index in [0.29, 0.717) is 6.54 Å². The molecule has 5 heteroatoms. The van der Waals surface area contributed by atoms with E-state index in [2.05, 4.69) is 11.9 Å². The highest BCUT2D eigenvalue weighted by Gasteiger charge is 2.34. The van der Waals surface area contributed by atoms with Crippen LogP contribution in [0.15, 0.2) is 30.9 Å². The number of likely N-dealkylation sites (N-methyl/N-ethyl adjacent to an activating group) is 1. The second kappa shape index (κ2) is 5.31. The minimum atomic E-state index is -4.50. The number of alkyl halides is 3. The summed E-state index contributed by atoms with van der Waals surface area (Å²) in [5.41, 5.74) is -0.987. The van der Waals surface area contributed by atoms with Crippen LogP contribution in [0.1, 0.15) is 24.1 Å². The lowest BCUT2D eigenvalue weighted by Crippen LogP contribution is -2.22. The summed E-state index contributed by atoms with van der Waals surface area (Å²) in [4.78, 5) is 0. The Morgan fingerprint density at radius 1 is 1.41 bits per heavy atom. The van der Waals surface area contributed by atoms with Gasteiger partial charge in [0.25, 0.3) is 0 Å². The summed E-state index contributed by atoms with van der Waals surface area (Å²) in [5, 5.41) is 2.80. The lowest BCUT2D eigenvalue weighted by molar-refractivity contribution is -0.138. The normalized spacial score (nSPS) is 13.5. The molecule has 0 amide bonds. The van der Waals surface area contributed by atoms with Crippen LogP contribution in [0.3, 0.4) is 0 Å².